The third kappa shape index (κ3) is 4.01. The second-order valence-corrected chi connectivity index (χ2v) is 5.53. The number of carbonyl (C=O) groups excluding carboxylic acids is 1. The molecular weight excluding hydrogens is 322 g/mol. The van der Waals surface area contributed by atoms with Crippen LogP contribution in [0.15, 0.2) is 47.4 Å². The zero-order valence-corrected chi connectivity index (χ0v) is 12.5. The van der Waals surface area contributed by atoms with Gasteiger partial charge in [-0.25, -0.2) is 4.79 Å². The molecule has 0 aliphatic rings. The number of nitrogens with zero attached hydrogens (tertiary/aromatic N) is 1. The first-order valence-electron chi connectivity index (χ1n) is 6.37. The zero-order chi connectivity index (χ0) is 17.0. The van der Waals surface area contributed by atoms with Gasteiger partial charge >= 0.3 is 5.97 Å². The van der Waals surface area contributed by atoms with Crippen LogP contribution in [0.2, 0.25) is 0 Å². The Bertz CT molecular complexity index is 746. The standard InChI is InChI=1S/C15H13NO6S/c17-14(18)9-5-6-10(12(7-9)16(21)22)8-23-13-4-2-1-3-11(13)15(19)20/h1-7,21-22H,8H2,(H,17,18)(H,19,20)/p-1. The van der Waals surface area contributed by atoms with E-state index in [9.17, 15) is 25.1 Å². The molecule has 0 atom stereocenters. The second kappa shape index (κ2) is 7.14. The fourth-order valence-corrected chi connectivity index (χ4v) is 2.96. The van der Waals surface area contributed by atoms with Crippen LogP contribution >= 0.6 is 11.8 Å². The normalized spacial score (nSPS) is 10.3. The minimum Gasteiger partial charge on any atom is -0.545 e. The number of rotatable bonds is 6. The van der Waals surface area contributed by atoms with Gasteiger partial charge in [0.1, 0.15) is 0 Å². The van der Waals surface area contributed by atoms with Crippen molar-refractivity contribution in [3.8, 4) is 0 Å². The van der Waals surface area contributed by atoms with Crippen LogP contribution in [0.4, 0.5) is 5.69 Å². The summed E-state index contributed by atoms with van der Waals surface area (Å²) in [6, 6.07) is 10.2. The molecule has 23 heavy (non-hydrogen) atoms. The molecule has 0 aromatic heterocycles. The Labute approximate surface area is 135 Å². The monoisotopic (exact) mass is 334 g/mol. The summed E-state index contributed by atoms with van der Waals surface area (Å²) in [5, 5.41) is 38.2. The molecule has 0 heterocycles. The maximum Gasteiger partial charge on any atom is 0.336 e. The van der Waals surface area contributed by atoms with Crippen molar-refractivity contribution >= 4 is 29.4 Å². The van der Waals surface area contributed by atoms with Crippen molar-refractivity contribution in [2.45, 2.75) is 10.6 Å². The first kappa shape index (κ1) is 16.8. The summed E-state index contributed by atoms with van der Waals surface area (Å²) >= 11 is 1.18. The number of aromatic carboxylic acids is 2. The van der Waals surface area contributed by atoms with E-state index in [0.717, 1.165) is 6.07 Å². The minimum absolute atomic E-state index is 0.119. The molecular formula is C15H12NO6S-. The van der Waals surface area contributed by atoms with E-state index in [1.807, 2.05) is 0 Å². The molecule has 8 heteroatoms. The van der Waals surface area contributed by atoms with E-state index in [2.05, 4.69) is 0 Å². The van der Waals surface area contributed by atoms with Crippen molar-refractivity contribution in [2.24, 2.45) is 0 Å². The lowest BCUT2D eigenvalue weighted by Gasteiger charge is -2.16. The van der Waals surface area contributed by atoms with Crippen LogP contribution in [-0.4, -0.2) is 27.5 Å². The predicted octanol–water partition coefficient (Wildman–Crippen LogP) is 1.63. The number of hydrogen-bond acceptors (Lipinski definition) is 7. The highest BCUT2D eigenvalue weighted by Crippen LogP contribution is 2.30. The van der Waals surface area contributed by atoms with Gasteiger partial charge in [-0.1, -0.05) is 24.3 Å². The van der Waals surface area contributed by atoms with Crippen molar-refractivity contribution in [3.63, 3.8) is 0 Å². The lowest BCUT2D eigenvalue weighted by atomic mass is 10.1. The van der Waals surface area contributed by atoms with Crippen molar-refractivity contribution < 1.29 is 30.2 Å². The molecule has 7 nitrogen and oxygen atoms in total. The van der Waals surface area contributed by atoms with Crippen molar-refractivity contribution in [1.82, 2.24) is 0 Å². The van der Waals surface area contributed by atoms with Gasteiger partial charge < -0.3 is 15.0 Å². The molecule has 0 saturated heterocycles. The van der Waals surface area contributed by atoms with E-state index in [0.29, 0.717) is 10.5 Å². The summed E-state index contributed by atoms with van der Waals surface area (Å²) in [6.45, 7) is 0. The van der Waals surface area contributed by atoms with Crippen molar-refractivity contribution in [2.75, 3.05) is 5.23 Å². The van der Waals surface area contributed by atoms with Gasteiger partial charge in [0.05, 0.1) is 17.2 Å². The highest BCUT2D eigenvalue weighted by Gasteiger charge is 2.13. The Morgan fingerprint density at radius 2 is 1.83 bits per heavy atom. The van der Waals surface area contributed by atoms with Gasteiger partial charge in [0.25, 0.3) is 0 Å². The molecule has 120 valence electrons. The first-order valence-corrected chi connectivity index (χ1v) is 7.36. The SMILES string of the molecule is O=C([O-])c1ccc(CSc2ccccc2C(=O)O)c(N(O)O)c1. The molecule has 2 aromatic rings. The highest BCUT2D eigenvalue weighted by atomic mass is 32.2. The fraction of sp³-hybridized carbons (Fsp3) is 0.0667. The first-order chi connectivity index (χ1) is 10.9. The average molecular weight is 334 g/mol. The molecule has 0 aliphatic heterocycles. The number of carbonyl (C=O) groups is 2. The van der Waals surface area contributed by atoms with E-state index in [-0.39, 0.29) is 27.8 Å². The number of benzene rings is 2. The van der Waals surface area contributed by atoms with Crippen LogP contribution < -0.4 is 10.3 Å². The third-order valence-corrected chi connectivity index (χ3v) is 4.16. The van der Waals surface area contributed by atoms with Crippen molar-refractivity contribution in [1.29, 1.82) is 0 Å². The lowest BCUT2D eigenvalue weighted by Crippen LogP contribution is -2.23. The van der Waals surface area contributed by atoms with Gasteiger partial charge in [-0.05, 0) is 29.3 Å². The molecule has 3 N–H and O–H groups in total. The fourth-order valence-electron chi connectivity index (χ4n) is 1.92. The molecule has 0 radical (unpaired) electrons. The topological polar surface area (TPSA) is 121 Å². The van der Waals surface area contributed by atoms with E-state index in [1.54, 1.807) is 18.2 Å². The number of anilines is 1. The summed E-state index contributed by atoms with van der Waals surface area (Å²) < 4.78 is 0. The average Bonchev–Trinajstić information content (AvgIpc) is 2.52. The molecule has 0 aliphatic carbocycles. The number of carboxylic acid groups (broad SMARTS) is 2. The van der Waals surface area contributed by atoms with Crippen LogP contribution in [0.1, 0.15) is 26.3 Å². The van der Waals surface area contributed by atoms with Crippen LogP contribution in [0.25, 0.3) is 0 Å². The minimum atomic E-state index is -1.44. The van der Waals surface area contributed by atoms with Gasteiger partial charge in [0.15, 0.2) is 0 Å². The molecule has 0 spiro atoms. The Hall–Kier alpha value is -2.55. The van der Waals surface area contributed by atoms with Crippen LogP contribution in [-0.2, 0) is 5.75 Å². The lowest BCUT2D eigenvalue weighted by molar-refractivity contribution is -0.255. The van der Waals surface area contributed by atoms with Crippen LogP contribution in [0, 0.1) is 0 Å². The summed E-state index contributed by atoms with van der Waals surface area (Å²) in [7, 11) is 0. The number of thioether (sulfide) groups is 1. The maximum absolute atomic E-state index is 11.2. The van der Waals surface area contributed by atoms with Gasteiger partial charge in [-0.2, -0.15) is 0 Å². The summed E-state index contributed by atoms with van der Waals surface area (Å²) in [5.41, 5.74) is 0.236. The molecule has 0 saturated carbocycles. The molecule has 0 bridgehead atoms. The van der Waals surface area contributed by atoms with E-state index in [1.165, 1.54) is 30.0 Å². The molecule has 0 amide bonds. The van der Waals surface area contributed by atoms with E-state index >= 15 is 0 Å². The zero-order valence-electron chi connectivity index (χ0n) is 11.7. The largest absolute Gasteiger partial charge is 0.545 e. The van der Waals surface area contributed by atoms with Gasteiger partial charge in [-0.15, -0.1) is 17.0 Å². The Kier molecular flexibility index (Phi) is 5.22. The molecule has 2 aromatic carbocycles. The van der Waals surface area contributed by atoms with Gasteiger partial charge in [-0.3, -0.25) is 10.4 Å². The molecule has 0 fully saturated rings. The summed E-state index contributed by atoms with van der Waals surface area (Å²) in [6.07, 6.45) is 0. The van der Waals surface area contributed by atoms with Crippen LogP contribution in [0.5, 0.6) is 0 Å². The third-order valence-electron chi connectivity index (χ3n) is 3.04. The van der Waals surface area contributed by atoms with Crippen molar-refractivity contribution in [3.05, 3.63) is 59.2 Å². The molecule has 0 unspecified atom stereocenters. The highest BCUT2D eigenvalue weighted by molar-refractivity contribution is 7.98. The summed E-state index contributed by atoms with van der Waals surface area (Å²) in [5.74, 6) is -2.29. The second-order valence-electron chi connectivity index (χ2n) is 4.51. The van der Waals surface area contributed by atoms with E-state index < -0.39 is 11.9 Å². The maximum atomic E-state index is 11.2. The smallest absolute Gasteiger partial charge is 0.336 e. The van der Waals surface area contributed by atoms with Crippen LogP contribution in [0.3, 0.4) is 0 Å². The number of carboxylic acids is 2. The quantitative estimate of drug-likeness (QED) is 0.538. The molecule has 2 rings (SSSR count). The van der Waals surface area contributed by atoms with Gasteiger partial charge in [0, 0.05) is 10.6 Å². The predicted molar refractivity (Wildman–Crippen MR) is 79.8 cm³/mol. The Morgan fingerprint density at radius 1 is 1.13 bits per heavy atom. The Morgan fingerprint density at radius 3 is 2.43 bits per heavy atom. The van der Waals surface area contributed by atoms with Gasteiger partial charge in [0.2, 0.25) is 0 Å². The Balaban J connectivity index is 2.27. The number of hydrogen-bond donors (Lipinski definition) is 3. The summed E-state index contributed by atoms with van der Waals surface area (Å²) in [4.78, 5) is 22.5. The van der Waals surface area contributed by atoms with E-state index in [4.69, 9.17) is 5.11 Å².